The van der Waals surface area contributed by atoms with Crippen LogP contribution in [0, 0.1) is 0 Å². The molecule has 0 aromatic carbocycles. The summed E-state index contributed by atoms with van der Waals surface area (Å²) in [7, 11) is -19.5. The van der Waals surface area contributed by atoms with Crippen LogP contribution in [0.5, 0.6) is 0 Å². The van der Waals surface area contributed by atoms with E-state index in [0.717, 1.165) is 35.4 Å². The maximum absolute atomic E-state index is 13.9. The number of ether oxygens (including phenoxy) is 4. The molecule has 0 saturated carbocycles. The summed E-state index contributed by atoms with van der Waals surface area (Å²) in [5.74, 6) is -0.902. The highest BCUT2D eigenvalue weighted by Crippen LogP contribution is 2.68. The third-order valence-corrected chi connectivity index (χ3v) is 17.1. The Balaban J connectivity index is 0.940. The van der Waals surface area contributed by atoms with Crippen molar-refractivity contribution in [2.75, 3.05) is 74.6 Å². The van der Waals surface area contributed by atoms with Gasteiger partial charge in [-0.05, 0) is 6.07 Å². The number of H-pyrrole nitrogens is 2. The topological polar surface area (TPSA) is 547 Å². The Bertz CT molecular complexity index is 3350. The van der Waals surface area contributed by atoms with E-state index in [-0.39, 0.29) is 51.4 Å². The summed E-state index contributed by atoms with van der Waals surface area (Å²) in [6, 6.07) is 1.43. The average Bonchev–Trinajstić information content (AvgIpc) is 4.19. The molecule has 15 atom stereocenters. The summed E-state index contributed by atoms with van der Waals surface area (Å²) in [5.41, 5.74) is 13.4. The lowest BCUT2D eigenvalue weighted by molar-refractivity contribution is -0.135. The van der Waals surface area contributed by atoms with Crippen molar-refractivity contribution in [2.45, 2.75) is 67.0 Å². The maximum Gasteiger partial charge on any atom is 0.490 e. The number of nitrogens with zero attached hydrogens (tertiary/aromatic N) is 9. The predicted octanol–water partition coefficient (Wildman–Crippen LogP) is -3.26. The molecule has 38 nitrogen and oxygen atoms in total. The van der Waals surface area contributed by atoms with Gasteiger partial charge in [0.05, 0.1) is 38.1 Å². The fourth-order valence-electron chi connectivity index (χ4n) is 8.42. The fourth-order valence-corrected chi connectivity index (χ4v) is 12.9. The second-order valence-electron chi connectivity index (χ2n) is 17.0. The number of hydrogen-bond donors (Lipinski definition) is 13. The van der Waals surface area contributed by atoms with Crippen molar-refractivity contribution in [3.63, 3.8) is 0 Å². The molecule has 3 aliphatic rings. The lowest BCUT2D eigenvalue weighted by atomic mass is 10.1. The molecule has 77 heavy (non-hydrogen) atoms. The van der Waals surface area contributed by atoms with Gasteiger partial charge in [0.2, 0.25) is 11.9 Å². The fraction of sp³-hybridized carbons (Fsp3) is 0.514. The van der Waals surface area contributed by atoms with Crippen molar-refractivity contribution in [1.29, 1.82) is 0 Å². The van der Waals surface area contributed by atoms with Gasteiger partial charge in [0.1, 0.15) is 72.3 Å². The Labute approximate surface area is 429 Å². The number of phosphoric ester groups is 3. The van der Waals surface area contributed by atoms with Gasteiger partial charge in [0.15, 0.2) is 35.2 Å². The number of methoxy groups -OCH3 is 1. The molecule has 0 spiro atoms. The van der Waals surface area contributed by atoms with E-state index in [4.69, 9.17) is 54.2 Å². The minimum Gasteiger partial charge on any atom is -0.387 e. The Kier molecular flexibility index (Phi) is 16.4. The SMILES string of the molecule is C=CN(c1nc(N)[nH]c(=O)c1N(C)C)C1OC(COP(=O)(O)OP(=O)(O)OP(=O)(O)OC[C@H]2OC[C@](OC)(n3ccc4c(N)ncnc43)[C@H]2OP(=O)(O)OC[C@H]2O[C@@H](n3cnc4c(=O)[nH]c(N)nc43)C(O)[C@H]2O)C(O)C1O. The van der Waals surface area contributed by atoms with Crippen molar-refractivity contribution in [2.24, 2.45) is 0 Å². The molecule has 8 heterocycles. The number of nitrogens with two attached hydrogens (primary N) is 3. The highest BCUT2D eigenvalue weighted by atomic mass is 31.3. The summed E-state index contributed by atoms with van der Waals surface area (Å²) in [6.45, 7) is -0.489. The largest absolute Gasteiger partial charge is 0.490 e. The first kappa shape index (κ1) is 58.0. The van der Waals surface area contributed by atoms with Crippen LogP contribution in [0.1, 0.15) is 6.23 Å². The third-order valence-electron chi connectivity index (χ3n) is 11.9. The van der Waals surface area contributed by atoms with Gasteiger partial charge in [-0.2, -0.15) is 18.6 Å². The number of nitrogen functional groups attached to an aromatic ring is 3. The second-order valence-corrected chi connectivity index (χ2v) is 23.0. The van der Waals surface area contributed by atoms with Gasteiger partial charge in [-0.1, -0.05) is 6.58 Å². The molecule has 0 radical (unpaired) electrons. The monoisotopic (exact) mass is 1170 g/mol. The first-order chi connectivity index (χ1) is 36.0. The van der Waals surface area contributed by atoms with E-state index >= 15 is 0 Å². The second kappa shape index (κ2) is 21.8. The minimum atomic E-state index is -6.22. The zero-order chi connectivity index (χ0) is 56.3. The first-order valence-corrected chi connectivity index (χ1v) is 27.8. The molecule has 42 heteroatoms. The molecule has 0 bridgehead atoms. The first-order valence-electron chi connectivity index (χ1n) is 21.9. The zero-order valence-corrected chi connectivity index (χ0v) is 43.4. The summed E-state index contributed by atoms with van der Waals surface area (Å²) in [5, 5.41) is 43.7. The van der Waals surface area contributed by atoms with Crippen molar-refractivity contribution >= 4 is 82.7 Å². The molecule has 16 N–H and O–H groups in total. The average molecular weight is 1170 g/mol. The smallest absolute Gasteiger partial charge is 0.387 e. The van der Waals surface area contributed by atoms with Crippen LogP contribution >= 0.6 is 31.3 Å². The van der Waals surface area contributed by atoms with E-state index in [1.54, 1.807) is 0 Å². The molecular formula is C35H50N14O24P4. The van der Waals surface area contributed by atoms with Crippen LogP contribution in [-0.2, 0) is 69.6 Å². The lowest BCUT2D eigenvalue weighted by Gasteiger charge is -2.36. The van der Waals surface area contributed by atoms with Crippen LogP contribution in [0.3, 0.4) is 0 Å². The van der Waals surface area contributed by atoms with Gasteiger partial charge in [0.25, 0.3) is 11.1 Å². The third kappa shape index (κ3) is 11.8. The number of phosphoric acid groups is 4. The highest BCUT2D eigenvalue weighted by molar-refractivity contribution is 7.66. The number of aromatic nitrogens is 9. The number of imidazole rings is 1. The van der Waals surface area contributed by atoms with Gasteiger partial charge in [-0.25, -0.2) is 33.2 Å². The minimum absolute atomic E-state index is 0.0251. The quantitative estimate of drug-likeness (QED) is 0.0303. The van der Waals surface area contributed by atoms with E-state index in [1.165, 1.54) is 35.8 Å². The van der Waals surface area contributed by atoms with Gasteiger partial charge < -0.3 is 85.9 Å². The Morgan fingerprint density at radius 1 is 0.805 bits per heavy atom. The van der Waals surface area contributed by atoms with Gasteiger partial charge in [-0.3, -0.25) is 46.8 Å². The standard InChI is InChI=1S/C35H50N14O24P4/c1-5-47(28-19(46(2)3)30(55)45-34(38)43-28)31-22(52)20(50)16(69-31)9-67-75(58,59)72-77(62,63)73-76(60,61)68-10-17-24(35(64-4,11-65-17)49-7-6-14-25(36)39-12-40-26(14)49)71-74(56,57)66-8-15-21(51)23(53)32(70-15)48-13-41-18-27(48)42-33(37)44-29(18)54/h5-7,12-13,15-17,20-24,31-32,50-53H,1,8-11H2,2-4H3,(H,56,57)(H,58,59)(H,60,61)(H,62,63)(H2,36,39,40)(H3,37,42,44,54)(H3,38,43,45,55)/t15-,16?,17-,20?,21+,22?,23?,24+,31?,32-,35-/m1/s1. The van der Waals surface area contributed by atoms with Crippen molar-refractivity contribution < 1.29 is 104 Å². The Morgan fingerprint density at radius 3 is 2.04 bits per heavy atom. The predicted molar refractivity (Wildman–Crippen MR) is 256 cm³/mol. The summed E-state index contributed by atoms with van der Waals surface area (Å²) < 4.78 is 107. The molecule has 5 aromatic heterocycles. The van der Waals surface area contributed by atoms with Crippen molar-refractivity contribution in [3.8, 4) is 0 Å². The molecule has 0 amide bonds. The van der Waals surface area contributed by atoms with Crippen LogP contribution in [-0.4, -0.2) is 187 Å². The number of fused-ring (bicyclic) bond motifs is 2. The van der Waals surface area contributed by atoms with Crippen LogP contribution in [0.15, 0.2) is 47.3 Å². The normalized spacial score (nSPS) is 29.8. The number of rotatable bonds is 22. The molecule has 5 aromatic rings. The van der Waals surface area contributed by atoms with Crippen LogP contribution < -0.4 is 38.1 Å². The molecule has 3 saturated heterocycles. The van der Waals surface area contributed by atoms with E-state index in [9.17, 15) is 67.8 Å². The van der Waals surface area contributed by atoms with Gasteiger partial charge in [-0.15, -0.1) is 0 Å². The molecule has 9 unspecified atom stereocenters. The summed E-state index contributed by atoms with van der Waals surface area (Å²) >= 11 is 0. The Morgan fingerprint density at radius 2 is 1.40 bits per heavy atom. The lowest BCUT2D eigenvalue weighted by Crippen LogP contribution is -2.49. The highest BCUT2D eigenvalue weighted by Gasteiger charge is 2.58. The molecular weight excluding hydrogens is 1120 g/mol. The number of aliphatic hydroxyl groups is 4. The van der Waals surface area contributed by atoms with Crippen molar-refractivity contribution in [1.82, 2.24) is 44.0 Å². The molecule has 424 valence electrons. The number of aliphatic hydroxyl groups excluding tert-OH is 4. The summed E-state index contributed by atoms with van der Waals surface area (Å²) in [6.07, 6.45) is -13.1. The van der Waals surface area contributed by atoms with E-state index < -0.39 is 136 Å². The van der Waals surface area contributed by atoms with Gasteiger partial charge in [0, 0.05) is 33.6 Å². The van der Waals surface area contributed by atoms with Crippen LogP contribution in [0.4, 0.5) is 29.2 Å². The van der Waals surface area contributed by atoms with Crippen LogP contribution in [0.25, 0.3) is 22.2 Å². The molecule has 0 aliphatic carbocycles. The number of anilines is 5. The van der Waals surface area contributed by atoms with E-state index in [0.29, 0.717) is 0 Å². The van der Waals surface area contributed by atoms with Crippen LogP contribution in [0.2, 0.25) is 0 Å². The zero-order valence-electron chi connectivity index (χ0n) is 39.9. The molecule has 3 aliphatic heterocycles. The molecule has 3 fully saturated rings. The molecule has 8 rings (SSSR count). The van der Waals surface area contributed by atoms with Crippen molar-refractivity contribution in [3.05, 3.63) is 58.4 Å². The van der Waals surface area contributed by atoms with E-state index in [2.05, 4.69) is 50.1 Å². The number of hydrogen-bond acceptors (Lipinski definition) is 30. The maximum atomic E-state index is 13.9. The van der Waals surface area contributed by atoms with E-state index in [1.807, 2.05) is 0 Å². The number of nitrogens with one attached hydrogen (secondary N) is 2. The Hall–Kier alpha value is -5.21. The number of aromatic amines is 2. The summed E-state index contributed by atoms with van der Waals surface area (Å²) in [4.78, 5) is 94.6. The van der Waals surface area contributed by atoms with Gasteiger partial charge >= 0.3 is 31.3 Å².